The van der Waals surface area contributed by atoms with Crippen LogP contribution in [0.5, 0.6) is 0 Å². The summed E-state index contributed by atoms with van der Waals surface area (Å²) in [5, 5.41) is 0. The molecule has 0 bridgehead atoms. The first-order valence-corrected chi connectivity index (χ1v) is 9.81. The summed E-state index contributed by atoms with van der Waals surface area (Å²) >= 11 is 0. The maximum absolute atomic E-state index is 6.14. The Morgan fingerprint density at radius 2 is 1.69 bits per heavy atom. The number of piperazine rings is 1. The molecule has 29 heavy (non-hydrogen) atoms. The van der Waals surface area contributed by atoms with E-state index in [1.54, 1.807) is 6.20 Å². The van der Waals surface area contributed by atoms with Gasteiger partial charge in [0.05, 0.1) is 17.2 Å². The number of nitrogens with two attached hydrogens (primary N) is 1. The summed E-state index contributed by atoms with van der Waals surface area (Å²) in [5.41, 5.74) is 11.0. The van der Waals surface area contributed by atoms with Crippen LogP contribution in [0.25, 0.3) is 22.6 Å². The number of aryl methyl sites for hydroxylation is 1. The summed E-state index contributed by atoms with van der Waals surface area (Å²) in [6, 6.07) is 16.6. The lowest BCUT2D eigenvalue weighted by Gasteiger charge is -2.36. The molecule has 2 aromatic heterocycles. The van der Waals surface area contributed by atoms with Crippen LogP contribution in [0.2, 0.25) is 0 Å². The first-order valence-electron chi connectivity index (χ1n) is 9.81. The van der Waals surface area contributed by atoms with E-state index in [4.69, 9.17) is 10.7 Å². The minimum Gasteiger partial charge on any atom is -0.382 e. The molecule has 7 heteroatoms. The van der Waals surface area contributed by atoms with Crippen molar-refractivity contribution in [3.05, 3.63) is 60.3 Å². The van der Waals surface area contributed by atoms with Crippen molar-refractivity contribution in [2.75, 3.05) is 41.7 Å². The largest absolute Gasteiger partial charge is 0.382 e. The number of nitrogens with one attached hydrogen (secondary N) is 1. The summed E-state index contributed by atoms with van der Waals surface area (Å²) in [4.78, 5) is 21.8. The molecule has 0 atom stereocenters. The average Bonchev–Trinajstić information content (AvgIpc) is 3.18. The van der Waals surface area contributed by atoms with E-state index in [1.165, 1.54) is 11.3 Å². The van der Waals surface area contributed by atoms with Crippen LogP contribution in [0, 0.1) is 6.92 Å². The second-order valence-electron chi connectivity index (χ2n) is 7.38. The van der Waals surface area contributed by atoms with Crippen LogP contribution in [0.1, 0.15) is 5.56 Å². The number of aromatic nitrogens is 4. The molecule has 0 unspecified atom stereocenters. The van der Waals surface area contributed by atoms with Crippen molar-refractivity contribution in [1.29, 1.82) is 0 Å². The number of nitrogen functional groups attached to an aromatic ring is 1. The second kappa shape index (κ2) is 7.09. The van der Waals surface area contributed by atoms with Crippen LogP contribution in [-0.2, 0) is 0 Å². The highest BCUT2D eigenvalue weighted by Crippen LogP contribution is 2.26. The fourth-order valence-corrected chi connectivity index (χ4v) is 3.78. The van der Waals surface area contributed by atoms with E-state index in [2.05, 4.69) is 62.0 Å². The lowest BCUT2D eigenvalue weighted by atomic mass is 10.2. The Balaban J connectivity index is 1.39. The van der Waals surface area contributed by atoms with Gasteiger partial charge in [0.15, 0.2) is 17.3 Å². The van der Waals surface area contributed by atoms with E-state index >= 15 is 0 Å². The second-order valence-corrected chi connectivity index (χ2v) is 7.38. The molecule has 1 saturated heterocycles. The zero-order valence-corrected chi connectivity index (χ0v) is 16.3. The van der Waals surface area contributed by atoms with Gasteiger partial charge in [0.2, 0.25) is 0 Å². The molecule has 3 N–H and O–H groups in total. The summed E-state index contributed by atoms with van der Waals surface area (Å²) in [7, 11) is 0. The van der Waals surface area contributed by atoms with Crippen LogP contribution >= 0.6 is 0 Å². The topological polar surface area (TPSA) is 87.0 Å². The number of nitrogens with zero attached hydrogens (tertiary/aromatic N) is 5. The fourth-order valence-electron chi connectivity index (χ4n) is 3.78. The maximum atomic E-state index is 6.14. The molecular weight excluding hydrogens is 362 g/mol. The number of hydrogen-bond acceptors (Lipinski definition) is 6. The fraction of sp³-hybridized carbons (Fsp3) is 0.227. The van der Waals surface area contributed by atoms with Crippen LogP contribution in [0.4, 0.5) is 17.3 Å². The third-order valence-corrected chi connectivity index (χ3v) is 5.37. The molecule has 1 aliphatic heterocycles. The molecule has 4 aromatic rings. The Bertz CT molecular complexity index is 1140. The molecule has 0 aliphatic carbocycles. The molecule has 0 saturated carbocycles. The molecule has 0 spiro atoms. The van der Waals surface area contributed by atoms with Gasteiger partial charge in [-0.15, -0.1) is 0 Å². The summed E-state index contributed by atoms with van der Waals surface area (Å²) in [5.74, 6) is 1.87. The molecule has 0 radical (unpaired) electrons. The zero-order valence-electron chi connectivity index (χ0n) is 16.3. The highest BCUT2D eigenvalue weighted by molar-refractivity contribution is 5.81. The highest BCUT2D eigenvalue weighted by atomic mass is 15.3. The van der Waals surface area contributed by atoms with Crippen molar-refractivity contribution in [3.63, 3.8) is 0 Å². The predicted molar refractivity (Wildman–Crippen MR) is 117 cm³/mol. The smallest absolute Gasteiger partial charge is 0.161 e. The monoisotopic (exact) mass is 385 g/mol. The standard InChI is InChI=1S/C22H23N7/c1-15-7-8-17-18(13-15)26-22(25-17)20-21(23)24-14-19(27-20)29-11-9-28(10-12-29)16-5-3-2-4-6-16/h2-8,13-14H,9-12H2,1H3,(H2,23,24)(H,25,26). The van der Waals surface area contributed by atoms with Crippen LogP contribution in [-0.4, -0.2) is 46.1 Å². The van der Waals surface area contributed by atoms with E-state index in [9.17, 15) is 0 Å². The highest BCUT2D eigenvalue weighted by Gasteiger charge is 2.20. The number of rotatable bonds is 3. The number of imidazole rings is 1. The molecule has 3 heterocycles. The number of aromatic amines is 1. The molecule has 5 rings (SSSR count). The van der Waals surface area contributed by atoms with Crippen molar-refractivity contribution < 1.29 is 0 Å². The van der Waals surface area contributed by atoms with E-state index in [0.29, 0.717) is 17.3 Å². The first kappa shape index (κ1) is 17.5. The molecule has 2 aromatic carbocycles. The number of fused-ring (bicyclic) bond motifs is 1. The lowest BCUT2D eigenvalue weighted by molar-refractivity contribution is 0.646. The van der Waals surface area contributed by atoms with Gasteiger partial charge >= 0.3 is 0 Å². The van der Waals surface area contributed by atoms with Gasteiger partial charge < -0.3 is 20.5 Å². The van der Waals surface area contributed by atoms with E-state index in [-0.39, 0.29) is 0 Å². The van der Waals surface area contributed by atoms with Gasteiger partial charge in [-0.1, -0.05) is 24.3 Å². The SMILES string of the molecule is Cc1ccc2nc(-c3nc(N4CCN(c5ccccc5)CC4)cnc3N)[nH]c2c1. The summed E-state index contributed by atoms with van der Waals surface area (Å²) in [6.07, 6.45) is 1.75. The molecule has 0 amide bonds. The van der Waals surface area contributed by atoms with Crippen molar-refractivity contribution >= 4 is 28.4 Å². The van der Waals surface area contributed by atoms with Gasteiger partial charge in [-0.25, -0.2) is 15.0 Å². The minimum absolute atomic E-state index is 0.382. The predicted octanol–water partition coefficient (Wildman–Crippen LogP) is 3.24. The molecule has 7 nitrogen and oxygen atoms in total. The van der Waals surface area contributed by atoms with Crippen molar-refractivity contribution in [2.24, 2.45) is 0 Å². The van der Waals surface area contributed by atoms with Crippen molar-refractivity contribution in [3.8, 4) is 11.5 Å². The number of H-pyrrole nitrogens is 1. The van der Waals surface area contributed by atoms with Crippen molar-refractivity contribution in [2.45, 2.75) is 6.92 Å². The normalized spacial score (nSPS) is 14.5. The number of benzene rings is 2. The lowest BCUT2D eigenvalue weighted by Crippen LogP contribution is -2.46. The molecule has 1 fully saturated rings. The third kappa shape index (κ3) is 3.35. The Kier molecular flexibility index (Phi) is 4.27. The van der Waals surface area contributed by atoms with Crippen LogP contribution in [0.15, 0.2) is 54.7 Å². The van der Waals surface area contributed by atoms with Crippen LogP contribution in [0.3, 0.4) is 0 Å². The summed E-state index contributed by atoms with van der Waals surface area (Å²) < 4.78 is 0. The molecule has 1 aliphatic rings. The first-order chi connectivity index (χ1) is 14.2. The van der Waals surface area contributed by atoms with Gasteiger partial charge in [0.1, 0.15) is 5.82 Å². The van der Waals surface area contributed by atoms with E-state index in [0.717, 1.165) is 43.0 Å². The molecule has 146 valence electrons. The minimum atomic E-state index is 0.382. The van der Waals surface area contributed by atoms with Gasteiger partial charge in [-0.3, -0.25) is 0 Å². The quantitative estimate of drug-likeness (QED) is 0.563. The number of hydrogen-bond donors (Lipinski definition) is 2. The average molecular weight is 385 g/mol. The molecular formula is C22H23N7. The maximum Gasteiger partial charge on any atom is 0.161 e. The van der Waals surface area contributed by atoms with Gasteiger partial charge in [-0.05, 0) is 36.8 Å². The zero-order chi connectivity index (χ0) is 19.8. The number of para-hydroxylation sites is 1. The van der Waals surface area contributed by atoms with Crippen LogP contribution < -0.4 is 15.5 Å². The Morgan fingerprint density at radius 3 is 2.48 bits per heavy atom. The number of anilines is 3. The van der Waals surface area contributed by atoms with E-state index < -0.39 is 0 Å². The van der Waals surface area contributed by atoms with Gasteiger partial charge in [0.25, 0.3) is 0 Å². The van der Waals surface area contributed by atoms with E-state index in [1.807, 2.05) is 18.2 Å². The Hall–Kier alpha value is -3.61. The Morgan fingerprint density at radius 1 is 0.931 bits per heavy atom. The third-order valence-electron chi connectivity index (χ3n) is 5.37. The summed E-state index contributed by atoms with van der Waals surface area (Å²) in [6.45, 7) is 5.70. The Labute approximate surface area is 169 Å². The van der Waals surface area contributed by atoms with Crippen molar-refractivity contribution in [1.82, 2.24) is 19.9 Å². The van der Waals surface area contributed by atoms with Gasteiger partial charge in [0, 0.05) is 31.9 Å². The van der Waals surface area contributed by atoms with Gasteiger partial charge in [-0.2, -0.15) is 0 Å².